The largest absolute Gasteiger partial charge is 0.484 e. The molecule has 122 valence electrons. The summed E-state index contributed by atoms with van der Waals surface area (Å²) in [5.74, 6) is 0.414. The van der Waals surface area contributed by atoms with Crippen LogP contribution in [0.3, 0.4) is 0 Å². The number of rotatable bonds is 7. The molecule has 1 N–H and O–H groups in total. The van der Waals surface area contributed by atoms with Gasteiger partial charge in [0.25, 0.3) is 5.91 Å². The molecule has 5 heteroatoms. The summed E-state index contributed by atoms with van der Waals surface area (Å²) >= 11 is 5.90. The fraction of sp³-hybridized carbons (Fsp3) is 0.278. The van der Waals surface area contributed by atoms with Crippen LogP contribution in [0.4, 0.5) is 0 Å². The molecule has 1 amide bonds. The monoisotopic (exact) mass is 332 g/mol. The molecule has 1 atom stereocenters. The smallest absolute Gasteiger partial charge is 0.258 e. The number of nitrogens with zero attached hydrogens (tertiary/aromatic N) is 1. The molecule has 0 bridgehead atoms. The highest BCUT2D eigenvalue weighted by atomic mass is 35.5. The highest BCUT2D eigenvalue weighted by molar-refractivity contribution is 6.30. The lowest BCUT2D eigenvalue weighted by Crippen LogP contribution is -2.37. The number of nitrogens with one attached hydrogen (secondary N) is 1. The van der Waals surface area contributed by atoms with Gasteiger partial charge in [0.2, 0.25) is 0 Å². The zero-order valence-electron chi connectivity index (χ0n) is 13.3. The third kappa shape index (κ3) is 5.93. The van der Waals surface area contributed by atoms with E-state index < -0.39 is 0 Å². The van der Waals surface area contributed by atoms with Gasteiger partial charge >= 0.3 is 0 Å². The van der Waals surface area contributed by atoms with Crippen LogP contribution in [0.5, 0.6) is 5.75 Å². The zero-order chi connectivity index (χ0) is 16.7. The molecule has 23 heavy (non-hydrogen) atoms. The van der Waals surface area contributed by atoms with E-state index in [1.165, 1.54) is 0 Å². The second kappa shape index (κ2) is 8.56. The zero-order valence-corrected chi connectivity index (χ0v) is 14.1. The maximum Gasteiger partial charge on any atom is 0.258 e. The Kier molecular flexibility index (Phi) is 6.44. The lowest BCUT2D eigenvalue weighted by Gasteiger charge is -2.23. The van der Waals surface area contributed by atoms with Crippen LogP contribution < -0.4 is 10.1 Å². The first-order valence-electron chi connectivity index (χ1n) is 7.42. The number of benzene rings is 2. The van der Waals surface area contributed by atoms with E-state index in [0.717, 1.165) is 5.56 Å². The van der Waals surface area contributed by atoms with Gasteiger partial charge in [-0.1, -0.05) is 48.0 Å². The quantitative estimate of drug-likeness (QED) is 0.847. The van der Waals surface area contributed by atoms with E-state index in [4.69, 9.17) is 16.3 Å². The van der Waals surface area contributed by atoms with E-state index in [-0.39, 0.29) is 18.6 Å². The number of hydrogen-bond donors (Lipinski definition) is 1. The van der Waals surface area contributed by atoms with Crippen LogP contribution in [0.2, 0.25) is 5.02 Å². The molecule has 2 rings (SSSR count). The molecular weight excluding hydrogens is 312 g/mol. The van der Waals surface area contributed by atoms with Gasteiger partial charge in [0.15, 0.2) is 6.61 Å². The average Bonchev–Trinajstić information content (AvgIpc) is 2.53. The minimum Gasteiger partial charge on any atom is -0.484 e. The Morgan fingerprint density at radius 1 is 1.17 bits per heavy atom. The Labute approximate surface area is 142 Å². The fourth-order valence-corrected chi connectivity index (χ4v) is 2.41. The first kappa shape index (κ1) is 17.3. The van der Waals surface area contributed by atoms with Crippen LogP contribution in [0.15, 0.2) is 54.6 Å². The maximum atomic E-state index is 12.2. The molecular formula is C18H21ClN2O2. The van der Waals surface area contributed by atoms with Crippen molar-refractivity contribution in [2.24, 2.45) is 0 Å². The van der Waals surface area contributed by atoms with Crippen molar-refractivity contribution in [3.8, 4) is 5.75 Å². The molecule has 0 aliphatic carbocycles. The van der Waals surface area contributed by atoms with Crippen LogP contribution >= 0.6 is 11.6 Å². The van der Waals surface area contributed by atoms with Crippen LogP contribution in [-0.2, 0) is 4.79 Å². The summed E-state index contributed by atoms with van der Waals surface area (Å²) in [6.45, 7) is 0.671. The van der Waals surface area contributed by atoms with Crippen molar-refractivity contribution in [2.45, 2.75) is 6.04 Å². The Morgan fingerprint density at radius 3 is 2.57 bits per heavy atom. The lowest BCUT2D eigenvalue weighted by molar-refractivity contribution is -0.124. The Bertz CT molecular complexity index is 632. The summed E-state index contributed by atoms with van der Waals surface area (Å²) in [6.07, 6.45) is 0. The number of amides is 1. The molecule has 2 aromatic carbocycles. The number of carbonyl (C=O) groups is 1. The van der Waals surface area contributed by atoms with Gasteiger partial charge in [0, 0.05) is 11.6 Å². The van der Waals surface area contributed by atoms with Gasteiger partial charge in [-0.15, -0.1) is 0 Å². The van der Waals surface area contributed by atoms with Gasteiger partial charge in [0.1, 0.15) is 5.75 Å². The molecule has 0 heterocycles. The molecule has 4 nitrogen and oxygen atoms in total. The Balaban J connectivity index is 1.95. The second-order valence-electron chi connectivity index (χ2n) is 5.54. The summed E-state index contributed by atoms with van der Waals surface area (Å²) < 4.78 is 5.48. The molecule has 0 unspecified atom stereocenters. The first-order valence-corrected chi connectivity index (χ1v) is 7.80. The molecule has 0 saturated carbocycles. The molecule has 2 aromatic rings. The predicted octanol–water partition coefficient (Wildman–Crippen LogP) is 3.14. The van der Waals surface area contributed by atoms with E-state index in [1.54, 1.807) is 24.3 Å². The van der Waals surface area contributed by atoms with Crippen molar-refractivity contribution in [1.29, 1.82) is 0 Å². The standard InChI is InChI=1S/C18H21ClN2O2/c1-21(2)12-17(14-7-4-3-5-8-14)20-18(22)13-23-16-10-6-9-15(19)11-16/h3-11,17H,12-13H2,1-2H3,(H,20,22)/t17-/m0/s1. The van der Waals surface area contributed by atoms with E-state index in [9.17, 15) is 4.79 Å². The first-order chi connectivity index (χ1) is 11.0. The Morgan fingerprint density at radius 2 is 1.91 bits per heavy atom. The van der Waals surface area contributed by atoms with Gasteiger partial charge in [-0.2, -0.15) is 0 Å². The third-order valence-electron chi connectivity index (χ3n) is 3.25. The summed E-state index contributed by atoms with van der Waals surface area (Å²) in [7, 11) is 3.95. The number of hydrogen-bond acceptors (Lipinski definition) is 3. The maximum absolute atomic E-state index is 12.2. The van der Waals surface area contributed by atoms with Crippen molar-refractivity contribution in [2.75, 3.05) is 27.2 Å². The SMILES string of the molecule is CN(C)C[C@H](NC(=O)COc1cccc(Cl)c1)c1ccccc1. The van der Waals surface area contributed by atoms with Crippen molar-refractivity contribution in [1.82, 2.24) is 10.2 Å². The molecule has 0 aliphatic rings. The van der Waals surface area contributed by atoms with Gasteiger partial charge < -0.3 is 15.0 Å². The number of carbonyl (C=O) groups excluding carboxylic acids is 1. The molecule has 0 aliphatic heterocycles. The highest BCUT2D eigenvalue weighted by Gasteiger charge is 2.15. The van der Waals surface area contributed by atoms with Crippen LogP contribution in [-0.4, -0.2) is 38.1 Å². The highest BCUT2D eigenvalue weighted by Crippen LogP contribution is 2.17. The minimum atomic E-state index is -0.166. The number of halogens is 1. The van der Waals surface area contributed by atoms with Crippen molar-refractivity contribution < 1.29 is 9.53 Å². The van der Waals surface area contributed by atoms with Crippen LogP contribution in [0, 0.1) is 0 Å². The third-order valence-corrected chi connectivity index (χ3v) is 3.49. The second-order valence-corrected chi connectivity index (χ2v) is 5.98. The summed E-state index contributed by atoms with van der Waals surface area (Å²) in [6, 6.07) is 16.8. The number of ether oxygens (including phenoxy) is 1. The minimum absolute atomic E-state index is 0.0445. The van der Waals surface area contributed by atoms with Crippen molar-refractivity contribution in [3.63, 3.8) is 0 Å². The van der Waals surface area contributed by atoms with Gasteiger partial charge in [-0.3, -0.25) is 4.79 Å². The summed E-state index contributed by atoms with van der Waals surface area (Å²) in [5, 5.41) is 3.59. The lowest BCUT2D eigenvalue weighted by atomic mass is 10.1. The Hall–Kier alpha value is -2.04. The van der Waals surface area contributed by atoms with Gasteiger partial charge in [-0.05, 0) is 37.9 Å². The molecule has 0 radical (unpaired) electrons. The number of likely N-dealkylation sites (N-methyl/N-ethyl adjacent to an activating group) is 1. The van der Waals surface area contributed by atoms with E-state index >= 15 is 0 Å². The van der Waals surface area contributed by atoms with Crippen LogP contribution in [0.1, 0.15) is 11.6 Å². The molecule has 0 fully saturated rings. The van der Waals surface area contributed by atoms with E-state index in [2.05, 4.69) is 5.32 Å². The predicted molar refractivity (Wildman–Crippen MR) is 92.8 cm³/mol. The van der Waals surface area contributed by atoms with Gasteiger partial charge in [0.05, 0.1) is 6.04 Å². The topological polar surface area (TPSA) is 41.6 Å². The molecule has 0 saturated heterocycles. The van der Waals surface area contributed by atoms with Crippen LogP contribution in [0.25, 0.3) is 0 Å². The van der Waals surface area contributed by atoms with Crippen molar-refractivity contribution >= 4 is 17.5 Å². The normalized spacial score (nSPS) is 12.0. The van der Waals surface area contributed by atoms with E-state index in [0.29, 0.717) is 17.3 Å². The fourth-order valence-electron chi connectivity index (χ4n) is 2.23. The molecule has 0 aromatic heterocycles. The van der Waals surface area contributed by atoms with Gasteiger partial charge in [-0.25, -0.2) is 0 Å². The summed E-state index contributed by atoms with van der Waals surface area (Å²) in [4.78, 5) is 14.2. The van der Waals surface area contributed by atoms with E-state index in [1.807, 2.05) is 49.3 Å². The molecule has 0 spiro atoms. The summed E-state index contributed by atoms with van der Waals surface area (Å²) in [5.41, 5.74) is 1.07. The average molecular weight is 333 g/mol. The van der Waals surface area contributed by atoms with Crippen molar-refractivity contribution in [3.05, 3.63) is 65.2 Å².